The second-order valence-electron chi connectivity index (χ2n) is 7.35. The van der Waals surface area contributed by atoms with Crippen molar-refractivity contribution < 1.29 is 21.6 Å². The number of hydrogen-bond acceptors (Lipinski definition) is 5. The van der Waals surface area contributed by atoms with Gasteiger partial charge in [-0.05, 0) is 25.0 Å². The van der Waals surface area contributed by atoms with Crippen LogP contribution in [0.4, 0.5) is 19.0 Å². The highest BCUT2D eigenvalue weighted by Gasteiger charge is 2.34. The van der Waals surface area contributed by atoms with Gasteiger partial charge in [-0.15, -0.1) is 0 Å². The molecular weight excluding hydrogens is 395 g/mol. The highest BCUT2D eigenvalue weighted by molar-refractivity contribution is 7.86. The summed E-state index contributed by atoms with van der Waals surface area (Å²) in [5, 5.41) is 0. The van der Waals surface area contributed by atoms with Crippen LogP contribution in [0.1, 0.15) is 18.4 Å². The Morgan fingerprint density at radius 1 is 1.04 bits per heavy atom. The van der Waals surface area contributed by atoms with Gasteiger partial charge in [-0.1, -0.05) is 0 Å². The zero-order valence-corrected chi connectivity index (χ0v) is 16.9. The first kappa shape index (κ1) is 21.3. The summed E-state index contributed by atoms with van der Waals surface area (Å²) in [6, 6.07) is 2.81. The van der Waals surface area contributed by atoms with Gasteiger partial charge in [-0.3, -0.25) is 4.90 Å². The maximum atomic E-state index is 12.7. The van der Waals surface area contributed by atoms with Crippen molar-refractivity contribution in [3.63, 3.8) is 0 Å². The Bertz CT molecular complexity index is 754. The highest BCUT2D eigenvalue weighted by atomic mass is 32.2. The van der Waals surface area contributed by atoms with Gasteiger partial charge in [0.05, 0.1) is 5.56 Å². The van der Waals surface area contributed by atoms with Gasteiger partial charge in [0.15, 0.2) is 0 Å². The van der Waals surface area contributed by atoms with Crippen LogP contribution in [0.2, 0.25) is 0 Å². The molecule has 7 nitrogen and oxygen atoms in total. The molecule has 0 aromatic carbocycles. The lowest BCUT2D eigenvalue weighted by Gasteiger charge is -2.43. The monoisotopic (exact) mass is 421 g/mol. The maximum Gasteiger partial charge on any atom is 0.417 e. The van der Waals surface area contributed by atoms with Gasteiger partial charge in [0.25, 0.3) is 10.2 Å². The first-order chi connectivity index (χ1) is 13.1. The van der Waals surface area contributed by atoms with E-state index in [2.05, 4.69) is 9.88 Å². The summed E-state index contributed by atoms with van der Waals surface area (Å²) < 4.78 is 65.2. The smallest absolute Gasteiger partial charge is 0.354 e. The van der Waals surface area contributed by atoms with Gasteiger partial charge in [0.2, 0.25) is 0 Å². The average molecular weight is 421 g/mol. The molecule has 0 radical (unpaired) electrons. The van der Waals surface area contributed by atoms with Crippen LogP contribution in [-0.4, -0.2) is 86.3 Å². The number of pyridine rings is 1. The molecule has 1 aromatic heterocycles. The molecule has 1 aromatic rings. The molecule has 0 unspecified atom stereocenters. The van der Waals surface area contributed by atoms with E-state index in [9.17, 15) is 21.6 Å². The maximum absolute atomic E-state index is 12.7. The fraction of sp³-hybridized carbons (Fsp3) is 0.706. The summed E-state index contributed by atoms with van der Waals surface area (Å²) in [6.07, 6.45) is -1.93. The second kappa shape index (κ2) is 8.13. The van der Waals surface area contributed by atoms with Gasteiger partial charge in [0, 0.05) is 65.6 Å². The number of hydrogen-bond donors (Lipinski definition) is 0. The zero-order chi connectivity index (χ0) is 20.5. The molecule has 3 heterocycles. The molecule has 0 bridgehead atoms. The van der Waals surface area contributed by atoms with Crippen LogP contribution in [0.25, 0.3) is 0 Å². The highest BCUT2D eigenvalue weighted by Crippen LogP contribution is 2.29. The molecule has 2 aliphatic heterocycles. The first-order valence-corrected chi connectivity index (χ1v) is 10.7. The van der Waals surface area contributed by atoms with Crippen molar-refractivity contribution in [2.24, 2.45) is 0 Å². The van der Waals surface area contributed by atoms with E-state index in [4.69, 9.17) is 0 Å². The van der Waals surface area contributed by atoms with Gasteiger partial charge < -0.3 is 4.90 Å². The van der Waals surface area contributed by atoms with Crippen LogP contribution in [0, 0.1) is 0 Å². The Kier molecular flexibility index (Phi) is 6.18. The molecular formula is C17H26F3N5O2S. The molecule has 0 atom stereocenters. The van der Waals surface area contributed by atoms with Crippen LogP contribution < -0.4 is 4.90 Å². The summed E-state index contributed by atoms with van der Waals surface area (Å²) in [7, 11) is -0.286. The van der Waals surface area contributed by atoms with E-state index >= 15 is 0 Å². The minimum Gasteiger partial charge on any atom is -0.354 e. The molecule has 3 rings (SSSR count). The van der Waals surface area contributed by atoms with E-state index in [0.29, 0.717) is 38.0 Å². The van der Waals surface area contributed by atoms with Gasteiger partial charge in [-0.25, -0.2) is 4.98 Å². The van der Waals surface area contributed by atoms with Gasteiger partial charge in [-0.2, -0.15) is 30.2 Å². The number of aromatic nitrogens is 1. The van der Waals surface area contributed by atoms with E-state index in [1.54, 1.807) is 0 Å². The summed E-state index contributed by atoms with van der Waals surface area (Å²) in [6.45, 7) is 3.96. The molecule has 0 spiro atoms. The van der Waals surface area contributed by atoms with Crippen LogP contribution >= 0.6 is 0 Å². The third-order valence-electron chi connectivity index (χ3n) is 5.44. The summed E-state index contributed by atoms with van der Waals surface area (Å²) >= 11 is 0. The van der Waals surface area contributed by atoms with Crippen LogP contribution in [0.5, 0.6) is 0 Å². The zero-order valence-electron chi connectivity index (χ0n) is 16.1. The first-order valence-electron chi connectivity index (χ1n) is 9.29. The Balaban J connectivity index is 1.51. The number of piperazine rings is 1. The second-order valence-corrected chi connectivity index (χ2v) is 9.49. The predicted molar refractivity (Wildman–Crippen MR) is 100 cm³/mol. The Labute approximate surface area is 163 Å². The van der Waals surface area contributed by atoms with Crippen molar-refractivity contribution in [3.8, 4) is 0 Å². The number of nitrogens with zero attached hydrogens (tertiary/aromatic N) is 5. The number of piperidine rings is 1. The average Bonchev–Trinajstić information content (AvgIpc) is 2.67. The van der Waals surface area contributed by atoms with E-state index in [1.165, 1.54) is 28.8 Å². The van der Waals surface area contributed by atoms with Crippen molar-refractivity contribution in [2.75, 3.05) is 58.3 Å². The van der Waals surface area contributed by atoms with E-state index in [1.807, 2.05) is 4.90 Å². The standard InChI is InChI=1S/C17H26F3N5O2S/c1-22(2)28(26,27)25-7-5-15(6-8-25)23-9-11-24(12-10-23)16-4-3-14(13-21-16)17(18,19)20/h3-4,13,15H,5-12H2,1-2H3. The lowest BCUT2D eigenvalue weighted by atomic mass is 10.0. The van der Waals surface area contributed by atoms with Crippen molar-refractivity contribution in [3.05, 3.63) is 23.9 Å². The van der Waals surface area contributed by atoms with Gasteiger partial charge >= 0.3 is 6.18 Å². The van der Waals surface area contributed by atoms with Gasteiger partial charge in [0.1, 0.15) is 5.82 Å². The molecule has 158 valence electrons. The third-order valence-corrected chi connectivity index (χ3v) is 7.38. The number of anilines is 1. The van der Waals surface area contributed by atoms with E-state index in [-0.39, 0.29) is 0 Å². The SMILES string of the molecule is CN(C)S(=O)(=O)N1CCC(N2CCN(c3ccc(C(F)(F)F)cn3)CC2)CC1. The fourth-order valence-electron chi connectivity index (χ4n) is 3.73. The molecule has 0 saturated carbocycles. The third kappa shape index (κ3) is 4.58. The summed E-state index contributed by atoms with van der Waals surface area (Å²) in [5.41, 5.74) is -0.741. The van der Waals surface area contributed by atoms with Crippen molar-refractivity contribution >= 4 is 16.0 Å². The molecule has 0 N–H and O–H groups in total. The lowest BCUT2D eigenvalue weighted by molar-refractivity contribution is -0.137. The number of alkyl halides is 3. The molecule has 2 aliphatic rings. The quantitative estimate of drug-likeness (QED) is 0.737. The van der Waals surface area contributed by atoms with Crippen molar-refractivity contribution in [2.45, 2.75) is 25.1 Å². The van der Waals surface area contributed by atoms with E-state index < -0.39 is 21.9 Å². The van der Waals surface area contributed by atoms with Crippen LogP contribution in [0.3, 0.4) is 0 Å². The largest absolute Gasteiger partial charge is 0.417 e. The Morgan fingerprint density at radius 3 is 2.11 bits per heavy atom. The minimum atomic E-state index is -4.38. The van der Waals surface area contributed by atoms with Crippen molar-refractivity contribution in [1.82, 2.24) is 18.5 Å². The number of halogens is 3. The topological polar surface area (TPSA) is 60.0 Å². The van der Waals surface area contributed by atoms with E-state index in [0.717, 1.165) is 38.2 Å². The number of rotatable bonds is 4. The van der Waals surface area contributed by atoms with Crippen LogP contribution in [-0.2, 0) is 16.4 Å². The molecule has 28 heavy (non-hydrogen) atoms. The minimum absolute atomic E-state index is 0.330. The summed E-state index contributed by atoms with van der Waals surface area (Å²) in [5.74, 6) is 0.555. The Hall–Kier alpha value is -1.43. The van der Waals surface area contributed by atoms with Crippen LogP contribution in [0.15, 0.2) is 18.3 Å². The summed E-state index contributed by atoms with van der Waals surface area (Å²) in [4.78, 5) is 8.31. The molecule has 0 amide bonds. The molecule has 0 aliphatic carbocycles. The normalized spacial score (nSPS) is 21.4. The predicted octanol–water partition coefficient (Wildman–Crippen LogP) is 1.49. The molecule has 2 saturated heterocycles. The molecule has 11 heteroatoms. The fourth-order valence-corrected chi connectivity index (χ4v) is 4.86. The lowest BCUT2D eigenvalue weighted by Crippen LogP contribution is -2.54. The van der Waals surface area contributed by atoms with Crippen molar-refractivity contribution in [1.29, 1.82) is 0 Å². The molecule has 2 fully saturated rings. The Morgan fingerprint density at radius 2 is 1.64 bits per heavy atom.